The summed E-state index contributed by atoms with van der Waals surface area (Å²) >= 11 is 0. The van der Waals surface area contributed by atoms with Crippen LogP contribution in [0.2, 0.25) is 0 Å². The van der Waals surface area contributed by atoms with Crippen molar-refractivity contribution < 1.29 is 14.6 Å². The van der Waals surface area contributed by atoms with Gasteiger partial charge in [0.15, 0.2) is 0 Å². The SMILES string of the molecule is C=C(CCC(=O)O)c1cc(OCC)ccc1NC. The van der Waals surface area contributed by atoms with Crippen LogP contribution in [0.3, 0.4) is 0 Å². The van der Waals surface area contributed by atoms with Gasteiger partial charge in [-0.1, -0.05) is 6.58 Å². The number of carboxylic acid groups (broad SMARTS) is 1. The average molecular weight is 249 g/mol. The molecule has 0 unspecified atom stereocenters. The largest absolute Gasteiger partial charge is 0.494 e. The fourth-order valence-electron chi connectivity index (χ4n) is 1.68. The quantitative estimate of drug-likeness (QED) is 0.780. The van der Waals surface area contributed by atoms with Gasteiger partial charge in [0.25, 0.3) is 0 Å². The molecule has 0 amide bonds. The predicted molar refractivity (Wildman–Crippen MR) is 73.1 cm³/mol. The van der Waals surface area contributed by atoms with Crippen molar-refractivity contribution in [2.24, 2.45) is 0 Å². The second kappa shape index (κ2) is 6.69. The molecule has 0 aliphatic carbocycles. The van der Waals surface area contributed by atoms with E-state index in [0.29, 0.717) is 13.0 Å². The second-order valence-electron chi connectivity index (χ2n) is 3.89. The van der Waals surface area contributed by atoms with Crippen LogP contribution in [0.1, 0.15) is 25.3 Å². The van der Waals surface area contributed by atoms with Gasteiger partial charge in [0.2, 0.25) is 0 Å². The van der Waals surface area contributed by atoms with Gasteiger partial charge in [0.05, 0.1) is 6.61 Å². The molecule has 0 saturated carbocycles. The summed E-state index contributed by atoms with van der Waals surface area (Å²) in [4.78, 5) is 10.6. The summed E-state index contributed by atoms with van der Waals surface area (Å²) in [5.41, 5.74) is 2.63. The topological polar surface area (TPSA) is 58.6 Å². The highest BCUT2D eigenvalue weighted by Crippen LogP contribution is 2.29. The van der Waals surface area contributed by atoms with Crippen molar-refractivity contribution in [2.75, 3.05) is 19.0 Å². The van der Waals surface area contributed by atoms with E-state index in [1.165, 1.54) is 0 Å². The van der Waals surface area contributed by atoms with Crippen LogP contribution in [-0.2, 0) is 4.79 Å². The molecule has 0 fully saturated rings. The Bertz CT molecular complexity index is 441. The Morgan fingerprint density at radius 3 is 2.72 bits per heavy atom. The molecule has 4 heteroatoms. The third kappa shape index (κ3) is 3.80. The van der Waals surface area contributed by atoms with Crippen LogP contribution < -0.4 is 10.1 Å². The molecule has 0 saturated heterocycles. The van der Waals surface area contributed by atoms with Gasteiger partial charge in [-0.05, 0) is 37.1 Å². The van der Waals surface area contributed by atoms with Crippen LogP contribution in [0.25, 0.3) is 5.57 Å². The molecule has 0 bridgehead atoms. The molecule has 1 rings (SSSR count). The van der Waals surface area contributed by atoms with Gasteiger partial charge < -0.3 is 15.2 Å². The zero-order valence-corrected chi connectivity index (χ0v) is 10.8. The zero-order chi connectivity index (χ0) is 13.5. The molecular weight excluding hydrogens is 230 g/mol. The summed E-state index contributed by atoms with van der Waals surface area (Å²) in [6.45, 7) is 6.47. The molecule has 18 heavy (non-hydrogen) atoms. The molecule has 0 spiro atoms. The van der Waals surface area contributed by atoms with Crippen molar-refractivity contribution in [3.05, 3.63) is 30.3 Å². The number of hydrogen-bond acceptors (Lipinski definition) is 3. The number of ether oxygens (including phenoxy) is 1. The van der Waals surface area contributed by atoms with Crippen LogP contribution in [0.4, 0.5) is 5.69 Å². The third-order valence-electron chi connectivity index (χ3n) is 2.59. The summed E-state index contributed by atoms with van der Waals surface area (Å²) in [6.07, 6.45) is 0.514. The number of allylic oxidation sites excluding steroid dienone is 1. The van der Waals surface area contributed by atoms with E-state index in [-0.39, 0.29) is 6.42 Å². The van der Waals surface area contributed by atoms with E-state index in [4.69, 9.17) is 9.84 Å². The van der Waals surface area contributed by atoms with Gasteiger partial charge in [-0.15, -0.1) is 0 Å². The minimum Gasteiger partial charge on any atom is -0.494 e. The smallest absolute Gasteiger partial charge is 0.303 e. The minimum atomic E-state index is -0.817. The minimum absolute atomic E-state index is 0.0842. The molecule has 1 aromatic rings. The van der Waals surface area contributed by atoms with Crippen LogP contribution in [-0.4, -0.2) is 24.7 Å². The molecule has 98 valence electrons. The lowest BCUT2D eigenvalue weighted by Crippen LogP contribution is -1.99. The Hall–Kier alpha value is -1.97. The first-order valence-electron chi connectivity index (χ1n) is 5.93. The first kappa shape index (κ1) is 14.1. The van der Waals surface area contributed by atoms with Gasteiger partial charge in [0.1, 0.15) is 5.75 Å². The maximum atomic E-state index is 10.6. The maximum Gasteiger partial charge on any atom is 0.303 e. The number of anilines is 1. The summed E-state index contributed by atoms with van der Waals surface area (Å²) in [6, 6.07) is 5.68. The maximum absolute atomic E-state index is 10.6. The van der Waals surface area contributed by atoms with Crippen molar-refractivity contribution in [1.29, 1.82) is 0 Å². The number of hydrogen-bond donors (Lipinski definition) is 2. The molecule has 0 atom stereocenters. The standard InChI is InChI=1S/C14H19NO3/c1-4-18-11-6-7-13(15-3)12(9-11)10(2)5-8-14(16)17/h6-7,9,15H,2,4-5,8H2,1,3H3,(H,16,17). The van der Waals surface area contributed by atoms with E-state index >= 15 is 0 Å². The number of nitrogens with one attached hydrogen (secondary N) is 1. The molecule has 4 nitrogen and oxygen atoms in total. The van der Waals surface area contributed by atoms with Gasteiger partial charge in [-0.25, -0.2) is 0 Å². The molecule has 0 aromatic heterocycles. The number of carboxylic acids is 1. The van der Waals surface area contributed by atoms with E-state index < -0.39 is 5.97 Å². The number of benzene rings is 1. The van der Waals surface area contributed by atoms with Crippen molar-refractivity contribution in [2.45, 2.75) is 19.8 Å². The fourth-order valence-corrected chi connectivity index (χ4v) is 1.68. The monoisotopic (exact) mass is 249 g/mol. The highest BCUT2D eigenvalue weighted by atomic mass is 16.5. The Labute approximate surface area is 107 Å². The first-order valence-corrected chi connectivity index (χ1v) is 5.93. The summed E-state index contributed by atoms with van der Waals surface area (Å²) < 4.78 is 5.44. The second-order valence-corrected chi connectivity index (χ2v) is 3.89. The van der Waals surface area contributed by atoms with Crippen LogP contribution in [0.15, 0.2) is 24.8 Å². The van der Waals surface area contributed by atoms with E-state index in [1.54, 1.807) is 0 Å². The van der Waals surface area contributed by atoms with Gasteiger partial charge >= 0.3 is 5.97 Å². The Balaban J connectivity index is 2.92. The van der Waals surface area contributed by atoms with Crippen LogP contribution in [0, 0.1) is 0 Å². The van der Waals surface area contributed by atoms with Gasteiger partial charge in [-0.3, -0.25) is 4.79 Å². The highest BCUT2D eigenvalue weighted by molar-refractivity contribution is 5.78. The van der Waals surface area contributed by atoms with Crippen LogP contribution in [0.5, 0.6) is 5.75 Å². The number of carbonyl (C=O) groups is 1. The van der Waals surface area contributed by atoms with Crippen molar-refractivity contribution in [3.63, 3.8) is 0 Å². The molecule has 0 aliphatic rings. The lowest BCUT2D eigenvalue weighted by Gasteiger charge is -2.13. The summed E-state index contributed by atoms with van der Waals surface area (Å²) in [5, 5.41) is 11.8. The van der Waals surface area contributed by atoms with Crippen molar-refractivity contribution >= 4 is 17.2 Å². The molecule has 0 aliphatic heterocycles. The van der Waals surface area contributed by atoms with Crippen molar-refractivity contribution in [1.82, 2.24) is 0 Å². The van der Waals surface area contributed by atoms with Gasteiger partial charge in [-0.2, -0.15) is 0 Å². The van der Waals surface area contributed by atoms with Crippen LogP contribution >= 0.6 is 0 Å². The fraction of sp³-hybridized carbons (Fsp3) is 0.357. The van der Waals surface area contributed by atoms with E-state index in [2.05, 4.69) is 11.9 Å². The number of rotatable bonds is 7. The Morgan fingerprint density at radius 2 is 2.17 bits per heavy atom. The van der Waals surface area contributed by atoms with Crippen molar-refractivity contribution in [3.8, 4) is 5.75 Å². The van der Waals surface area contributed by atoms with E-state index in [0.717, 1.165) is 22.6 Å². The zero-order valence-electron chi connectivity index (χ0n) is 10.8. The number of aliphatic carboxylic acids is 1. The lowest BCUT2D eigenvalue weighted by atomic mass is 10.0. The highest BCUT2D eigenvalue weighted by Gasteiger charge is 2.09. The molecule has 0 radical (unpaired) electrons. The molecule has 2 N–H and O–H groups in total. The Morgan fingerprint density at radius 1 is 1.44 bits per heavy atom. The van der Waals surface area contributed by atoms with E-state index in [1.807, 2.05) is 32.2 Å². The summed E-state index contributed by atoms with van der Waals surface area (Å²) in [5.74, 6) is -0.0499. The van der Waals surface area contributed by atoms with E-state index in [9.17, 15) is 4.79 Å². The average Bonchev–Trinajstić information content (AvgIpc) is 2.36. The predicted octanol–water partition coefficient (Wildman–Crippen LogP) is 3.01. The molecule has 0 heterocycles. The first-order chi connectivity index (χ1) is 8.58. The lowest BCUT2D eigenvalue weighted by molar-refractivity contribution is -0.136. The summed E-state index contributed by atoms with van der Waals surface area (Å²) in [7, 11) is 1.82. The Kier molecular flexibility index (Phi) is 5.24. The molecular formula is C14H19NO3. The molecule has 1 aromatic carbocycles. The third-order valence-corrected chi connectivity index (χ3v) is 2.59. The van der Waals surface area contributed by atoms with Gasteiger partial charge in [0, 0.05) is 24.7 Å². The normalized spacial score (nSPS) is 9.89.